The molecule has 2 aromatic heterocycles. The number of anilines is 2. The maximum Gasteiger partial charge on any atom is 0.271 e. The SMILES string of the molecule is Cc1ccc(Nc2cnc(C(=O)NCc3ccccn3)cn2)c(C)c1. The molecule has 0 radical (unpaired) electrons. The number of carbonyl (C=O) groups is 1. The molecule has 3 rings (SSSR count). The molecule has 0 saturated carbocycles. The summed E-state index contributed by atoms with van der Waals surface area (Å²) in [5.74, 6) is 0.310. The van der Waals surface area contributed by atoms with Crippen LogP contribution in [0.25, 0.3) is 0 Å². The lowest BCUT2D eigenvalue weighted by molar-refractivity contribution is 0.0945. The molecule has 0 unspecified atom stereocenters. The van der Waals surface area contributed by atoms with Crippen molar-refractivity contribution in [2.24, 2.45) is 0 Å². The molecule has 0 atom stereocenters. The van der Waals surface area contributed by atoms with Crippen LogP contribution in [0.2, 0.25) is 0 Å². The molecule has 0 fully saturated rings. The third-order valence-electron chi connectivity index (χ3n) is 3.69. The molecule has 0 aliphatic rings. The van der Waals surface area contributed by atoms with E-state index < -0.39 is 0 Å². The van der Waals surface area contributed by atoms with Crippen molar-refractivity contribution in [3.05, 3.63) is 77.5 Å². The second-order valence-corrected chi connectivity index (χ2v) is 5.73. The minimum absolute atomic E-state index is 0.266. The number of aromatic nitrogens is 3. The summed E-state index contributed by atoms with van der Waals surface area (Å²) in [6, 6.07) is 11.7. The van der Waals surface area contributed by atoms with Gasteiger partial charge in [0.05, 0.1) is 24.6 Å². The van der Waals surface area contributed by atoms with E-state index in [0.717, 1.165) is 16.9 Å². The first-order valence-corrected chi connectivity index (χ1v) is 7.96. The van der Waals surface area contributed by atoms with Gasteiger partial charge in [-0.05, 0) is 37.6 Å². The molecule has 6 heteroatoms. The van der Waals surface area contributed by atoms with Crippen LogP contribution in [0.5, 0.6) is 0 Å². The van der Waals surface area contributed by atoms with Crippen LogP contribution < -0.4 is 10.6 Å². The van der Waals surface area contributed by atoms with Gasteiger partial charge in [0, 0.05) is 11.9 Å². The van der Waals surface area contributed by atoms with Gasteiger partial charge in [-0.25, -0.2) is 9.97 Å². The van der Waals surface area contributed by atoms with E-state index in [1.54, 1.807) is 12.4 Å². The van der Waals surface area contributed by atoms with Crippen molar-refractivity contribution in [1.82, 2.24) is 20.3 Å². The first kappa shape index (κ1) is 16.6. The Balaban J connectivity index is 1.62. The summed E-state index contributed by atoms with van der Waals surface area (Å²) in [6.45, 7) is 4.43. The molecule has 0 aliphatic carbocycles. The number of benzene rings is 1. The Labute approximate surface area is 146 Å². The number of nitrogens with zero attached hydrogens (tertiary/aromatic N) is 3. The molecule has 1 amide bonds. The van der Waals surface area contributed by atoms with Gasteiger partial charge < -0.3 is 10.6 Å². The third-order valence-corrected chi connectivity index (χ3v) is 3.69. The van der Waals surface area contributed by atoms with Crippen molar-refractivity contribution in [3.8, 4) is 0 Å². The maximum atomic E-state index is 12.1. The van der Waals surface area contributed by atoms with Crippen LogP contribution in [-0.4, -0.2) is 20.9 Å². The number of nitrogens with one attached hydrogen (secondary N) is 2. The van der Waals surface area contributed by atoms with Crippen molar-refractivity contribution < 1.29 is 4.79 Å². The summed E-state index contributed by atoms with van der Waals surface area (Å²) in [7, 11) is 0. The molecule has 1 aromatic carbocycles. The van der Waals surface area contributed by atoms with E-state index in [-0.39, 0.29) is 11.6 Å². The van der Waals surface area contributed by atoms with Crippen LogP contribution in [0.15, 0.2) is 55.0 Å². The summed E-state index contributed by atoms with van der Waals surface area (Å²) in [4.78, 5) is 24.7. The highest BCUT2D eigenvalue weighted by molar-refractivity contribution is 5.92. The van der Waals surface area contributed by atoms with Gasteiger partial charge in [-0.2, -0.15) is 0 Å². The van der Waals surface area contributed by atoms with Crippen LogP contribution >= 0.6 is 0 Å². The Morgan fingerprint density at radius 3 is 2.60 bits per heavy atom. The number of pyridine rings is 1. The van der Waals surface area contributed by atoms with Gasteiger partial charge in [0.15, 0.2) is 0 Å². The van der Waals surface area contributed by atoms with Gasteiger partial charge >= 0.3 is 0 Å². The van der Waals surface area contributed by atoms with Crippen LogP contribution in [0.4, 0.5) is 11.5 Å². The Hall–Kier alpha value is -3.28. The number of rotatable bonds is 5. The van der Waals surface area contributed by atoms with E-state index >= 15 is 0 Å². The average Bonchev–Trinajstić information content (AvgIpc) is 2.63. The minimum Gasteiger partial charge on any atom is -0.345 e. The maximum absolute atomic E-state index is 12.1. The molecular formula is C19H19N5O. The Morgan fingerprint density at radius 1 is 1.04 bits per heavy atom. The predicted molar refractivity (Wildman–Crippen MR) is 96.6 cm³/mol. The van der Waals surface area contributed by atoms with Crippen LogP contribution in [0.3, 0.4) is 0 Å². The quantitative estimate of drug-likeness (QED) is 0.750. The molecule has 25 heavy (non-hydrogen) atoms. The standard InChI is InChI=1S/C19H19N5O/c1-13-6-7-16(14(2)9-13)24-18-12-21-17(11-22-18)19(25)23-10-15-5-3-4-8-20-15/h3-9,11-12H,10H2,1-2H3,(H,22,24)(H,23,25). The number of carbonyl (C=O) groups excluding carboxylic acids is 1. The largest absolute Gasteiger partial charge is 0.345 e. The van der Waals surface area contributed by atoms with E-state index in [4.69, 9.17) is 0 Å². The lowest BCUT2D eigenvalue weighted by atomic mass is 10.1. The molecule has 2 N–H and O–H groups in total. The van der Waals surface area contributed by atoms with E-state index in [1.165, 1.54) is 11.8 Å². The van der Waals surface area contributed by atoms with Crippen molar-refractivity contribution in [1.29, 1.82) is 0 Å². The van der Waals surface area contributed by atoms with Gasteiger partial charge in [0.1, 0.15) is 11.5 Å². The number of amides is 1. The summed E-state index contributed by atoms with van der Waals surface area (Å²) >= 11 is 0. The molecule has 0 bridgehead atoms. The monoisotopic (exact) mass is 333 g/mol. The summed E-state index contributed by atoms with van der Waals surface area (Å²) in [6.07, 6.45) is 4.70. The molecule has 0 saturated heterocycles. The smallest absolute Gasteiger partial charge is 0.271 e. The number of hydrogen-bond donors (Lipinski definition) is 2. The molecular weight excluding hydrogens is 314 g/mol. The molecule has 3 aromatic rings. The van der Waals surface area contributed by atoms with Crippen molar-refractivity contribution in [2.45, 2.75) is 20.4 Å². The zero-order valence-electron chi connectivity index (χ0n) is 14.2. The van der Waals surface area contributed by atoms with E-state index in [0.29, 0.717) is 12.4 Å². The predicted octanol–water partition coefficient (Wildman–Crippen LogP) is 3.16. The third kappa shape index (κ3) is 4.38. The first-order chi connectivity index (χ1) is 12.1. The summed E-state index contributed by atoms with van der Waals surface area (Å²) in [5.41, 5.74) is 4.35. The first-order valence-electron chi connectivity index (χ1n) is 7.96. The minimum atomic E-state index is -0.281. The van der Waals surface area contributed by atoms with E-state index in [2.05, 4.69) is 38.6 Å². The molecule has 6 nitrogen and oxygen atoms in total. The lowest BCUT2D eigenvalue weighted by Crippen LogP contribution is -2.24. The van der Waals surface area contributed by atoms with Crippen molar-refractivity contribution in [2.75, 3.05) is 5.32 Å². The second kappa shape index (κ2) is 7.53. The van der Waals surface area contributed by atoms with Gasteiger partial charge in [0.2, 0.25) is 0 Å². The second-order valence-electron chi connectivity index (χ2n) is 5.73. The zero-order valence-corrected chi connectivity index (χ0v) is 14.2. The zero-order chi connectivity index (χ0) is 17.6. The number of hydrogen-bond acceptors (Lipinski definition) is 5. The Morgan fingerprint density at radius 2 is 1.92 bits per heavy atom. The fraction of sp³-hybridized carbons (Fsp3) is 0.158. The highest BCUT2D eigenvalue weighted by atomic mass is 16.1. The summed E-state index contributed by atoms with van der Waals surface area (Å²) in [5, 5.41) is 5.98. The summed E-state index contributed by atoms with van der Waals surface area (Å²) < 4.78 is 0. The lowest BCUT2D eigenvalue weighted by Gasteiger charge is -2.09. The van der Waals surface area contributed by atoms with E-state index in [9.17, 15) is 4.79 Å². The molecule has 0 spiro atoms. The van der Waals surface area contributed by atoms with Crippen LogP contribution in [-0.2, 0) is 6.54 Å². The van der Waals surface area contributed by atoms with Gasteiger partial charge in [-0.15, -0.1) is 0 Å². The normalized spacial score (nSPS) is 10.3. The topological polar surface area (TPSA) is 79.8 Å². The fourth-order valence-electron chi connectivity index (χ4n) is 2.37. The van der Waals surface area contributed by atoms with Crippen LogP contribution in [0, 0.1) is 13.8 Å². The molecule has 0 aliphatic heterocycles. The van der Waals surface area contributed by atoms with Crippen LogP contribution in [0.1, 0.15) is 27.3 Å². The van der Waals surface area contributed by atoms with Gasteiger partial charge in [-0.1, -0.05) is 23.8 Å². The highest BCUT2D eigenvalue weighted by Crippen LogP contribution is 2.19. The highest BCUT2D eigenvalue weighted by Gasteiger charge is 2.08. The van der Waals surface area contributed by atoms with Crippen molar-refractivity contribution in [3.63, 3.8) is 0 Å². The van der Waals surface area contributed by atoms with Gasteiger partial charge in [0.25, 0.3) is 5.91 Å². The Kier molecular flexibility index (Phi) is 4.99. The number of aryl methyl sites for hydroxylation is 2. The van der Waals surface area contributed by atoms with Crippen molar-refractivity contribution >= 4 is 17.4 Å². The fourth-order valence-corrected chi connectivity index (χ4v) is 2.37. The van der Waals surface area contributed by atoms with Gasteiger partial charge in [-0.3, -0.25) is 9.78 Å². The van der Waals surface area contributed by atoms with E-state index in [1.807, 2.05) is 37.3 Å². The Bertz CT molecular complexity index is 863. The molecule has 126 valence electrons. The molecule has 2 heterocycles. The average molecular weight is 333 g/mol.